The summed E-state index contributed by atoms with van der Waals surface area (Å²) in [7, 11) is 0. The molecule has 0 aromatic rings. The fourth-order valence-electron chi connectivity index (χ4n) is 2.09. The first-order valence-electron chi connectivity index (χ1n) is 7.39. The molecule has 5 heteroatoms. The second kappa shape index (κ2) is 9.38. The Kier molecular flexibility index (Phi) is 7.74. The largest absolute Gasteiger partial charge is 0.382 e. The molecule has 1 heterocycles. The highest BCUT2D eigenvalue weighted by molar-refractivity contribution is 5.97. The van der Waals surface area contributed by atoms with E-state index in [1.165, 1.54) is 0 Å². The van der Waals surface area contributed by atoms with Gasteiger partial charge in [0, 0.05) is 39.0 Å². The normalized spacial score (nSPS) is 16.9. The Balaban J connectivity index is 2.36. The van der Waals surface area contributed by atoms with Crippen molar-refractivity contribution in [2.75, 3.05) is 32.8 Å². The molecule has 0 saturated carbocycles. The van der Waals surface area contributed by atoms with Crippen LogP contribution in [0.1, 0.15) is 33.1 Å². The second-order valence-corrected chi connectivity index (χ2v) is 5.18. The molecule has 1 N–H and O–H groups in total. The van der Waals surface area contributed by atoms with Gasteiger partial charge in [-0.1, -0.05) is 6.92 Å². The number of rotatable bonds is 7. The van der Waals surface area contributed by atoms with E-state index in [1.807, 2.05) is 13.0 Å². The van der Waals surface area contributed by atoms with Crippen LogP contribution in [-0.2, 0) is 9.53 Å². The van der Waals surface area contributed by atoms with Gasteiger partial charge in [0.1, 0.15) is 11.6 Å². The summed E-state index contributed by atoms with van der Waals surface area (Å²) >= 11 is 0. The molecule has 1 amide bonds. The Bertz CT molecular complexity index is 366. The highest BCUT2D eigenvalue weighted by atomic mass is 16.5. The Hall–Kier alpha value is -1.54. The van der Waals surface area contributed by atoms with Crippen LogP contribution in [0.25, 0.3) is 0 Å². The van der Waals surface area contributed by atoms with Gasteiger partial charge in [0.15, 0.2) is 0 Å². The van der Waals surface area contributed by atoms with Gasteiger partial charge in [-0.3, -0.25) is 4.79 Å². The van der Waals surface area contributed by atoms with E-state index in [0.29, 0.717) is 19.8 Å². The molecule has 5 nitrogen and oxygen atoms in total. The van der Waals surface area contributed by atoms with E-state index < -0.39 is 0 Å². The number of amides is 1. The molecule has 1 saturated heterocycles. The van der Waals surface area contributed by atoms with Crippen molar-refractivity contribution in [1.29, 1.82) is 5.26 Å². The van der Waals surface area contributed by atoms with Gasteiger partial charge < -0.3 is 15.0 Å². The smallest absolute Gasteiger partial charge is 0.263 e. The summed E-state index contributed by atoms with van der Waals surface area (Å²) in [6.07, 6.45) is 4.69. The Labute approximate surface area is 121 Å². The lowest BCUT2D eigenvalue weighted by atomic mass is 9.99. The van der Waals surface area contributed by atoms with Crippen LogP contribution < -0.4 is 5.32 Å². The van der Waals surface area contributed by atoms with Crippen molar-refractivity contribution in [3.8, 4) is 6.07 Å². The highest BCUT2D eigenvalue weighted by Gasteiger charge is 2.16. The molecule has 1 aliphatic rings. The minimum absolute atomic E-state index is 0.191. The summed E-state index contributed by atoms with van der Waals surface area (Å²) in [5.41, 5.74) is 0.191. The first-order valence-corrected chi connectivity index (χ1v) is 7.39. The molecule has 0 spiro atoms. The number of nitriles is 1. The minimum Gasteiger partial charge on any atom is -0.382 e. The second-order valence-electron chi connectivity index (χ2n) is 5.18. The van der Waals surface area contributed by atoms with Crippen LogP contribution in [0.3, 0.4) is 0 Å². The van der Waals surface area contributed by atoms with E-state index in [-0.39, 0.29) is 11.5 Å². The quantitative estimate of drug-likeness (QED) is 0.437. The maximum absolute atomic E-state index is 11.9. The molecule has 0 atom stereocenters. The number of hydrogen-bond acceptors (Lipinski definition) is 4. The number of ether oxygens (including phenoxy) is 1. The fraction of sp³-hybridized carbons (Fsp3) is 0.733. The first kappa shape index (κ1) is 16.5. The SMILES string of the molecule is CCOCCCNC(=O)/C(C#N)=C\N1CCC(C)CC1. The molecule has 1 aliphatic heterocycles. The number of likely N-dealkylation sites (tertiary alicyclic amines) is 1. The van der Waals surface area contributed by atoms with Crippen molar-refractivity contribution < 1.29 is 9.53 Å². The molecule has 1 fully saturated rings. The molecule has 0 aromatic carbocycles. The van der Waals surface area contributed by atoms with Gasteiger partial charge in [-0.25, -0.2) is 0 Å². The zero-order chi connectivity index (χ0) is 14.8. The van der Waals surface area contributed by atoms with E-state index in [0.717, 1.165) is 38.3 Å². The van der Waals surface area contributed by atoms with Crippen LogP contribution in [0, 0.1) is 17.2 Å². The summed E-state index contributed by atoms with van der Waals surface area (Å²) in [6, 6.07) is 1.99. The van der Waals surface area contributed by atoms with Crippen LogP contribution >= 0.6 is 0 Å². The Morgan fingerprint density at radius 2 is 2.20 bits per heavy atom. The molecular weight excluding hydrogens is 254 g/mol. The Morgan fingerprint density at radius 1 is 1.50 bits per heavy atom. The van der Waals surface area contributed by atoms with Crippen LogP contribution in [0.4, 0.5) is 0 Å². The highest BCUT2D eigenvalue weighted by Crippen LogP contribution is 2.16. The summed E-state index contributed by atoms with van der Waals surface area (Å²) in [5.74, 6) is 0.445. The predicted molar refractivity (Wildman–Crippen MR) is 77.8 cm³/mol. The van der Waals surface area contributed by atoms with Gasteiger partial charge in [0.25, 0.3) is 5.91 Å². The molecule has 1 rings (SSSR count). The lowest BCUT2D eigenvalue weighted by Gasteiger charge is -2.29. The monoisotopic (exact) mass is 279 g/mol. The third kappa shape index (κ3) is 6.07. The average Bonchev–Trinajstić information content (AvgIpc) is 2.46. The summed E-state index contributed by atoms with van der Waals surface area (Å²) in [4.78, 5) is 13.9. The van der Waals surface area contributed by atoms with Gasteiger partial charge in [0.2, 0.25) is 0 Å². The predicted octanol–water partition coefficient (Wildman–Crippen LogP) is 1.67. The third-order valence-electron chi connectivity index (χ3n) is 3.45. The molecular formula is C15H25N3O2. The molecule has 0 bridgehead atoms. The lowest BCUT2D eigenvalue weighted by molar-refractivity contribution is -0.117. The van der Waals surface area contributed by atoms with Gasteiger partial charge in [0.05, 0.1) is 0 Å². The van der Waals surface area contributed by atoms with E-state index in [9.17, 15) is 4.79 Å². The van der Waals surface area contributed by atoms with Gasteiger partial charge in [-0.2, -0.15) is 5.26 Å². The van der Waals surface area contributed by atoms with E-state index in [1.54, 1.807) is 6.20 Å². The van der Waals surface area contributed by atoms with E-state index in [2.05, 4.69) is 17.1 Å². The topological polar surface area (TPSA) is 65.4 Å². The van der Waals surface area contributed by atoms with Crippen molar-refractivity contribution in [1.82, 2.24) is 10.2 Å². The molecule has 0 aliphatic carbocycles. The number of nitrogens with zero attached hydrogens (tertiary/aromatic N) is 2. The zero-order valence-corrected chi connectivity index (χ0v) is 12.5. The van der Waals surface area contributed by atoms with Gasteiger partial charge in [-0.05, 0) is 32.1 Å². The fourth-order valence-corrected chi connectivity index (χ4v) is 2.09. The number of carbonyl (C=O) groups is 1. The molecule has 0 radical (unpaired) electrons. The minimum atomic E-state index is -0.289. The van der Waals surface area contributed by atoms with Crippen molar-refractivity contribution in [2.24, 2.45) is 5.92 Å². The Morgan fingerprint density at radius 3 is 2.80 bits per heavy atom. The summed E-state index contributed by atoms with van der Waals surface area (Å²) < 4.78 is 5.19. The van der Waals surface area contributed by atoms with Crippen LogP contribution in [0.5, 0.6) is 0 Å². The van der Waals surface area contributed by atoms with Crippen LogP contribution in [0.15, 0.2) is 11.8 Å². The summed E-state index contributed by atoms with van der Waals surface area (Å²) in [6.45, 7) is 7.87. The van der Waals surface area contributed by atoms with Gasteiger partial charge in [-0.15, -0.1) is 0 Å². The molecule has 0 unspecified atom stereocenters. The van der Waals surface area contributed by atoms with E-state index in [4.69, 9.17) is 10.00 Å². The number of hydrogen-bond donors (Lipinski definition) is 1. The lowest BCUT2D eigenvalue weighted by Crippen LogP contribution is -2.31. The van der Waals surface area contributed by atoms with Crippen molar-refractivity contribution in [3.05, 3.63) is 11.8 Å². The van der Waals surface area contributed by atoms with Crippen LogP contribution in [0.2, 0.25) is 0 Å². The first-order chi connectivity index (χ1) is 9.67. The number of carbonyl (C=O) groups excluding carboxylic acids is 1. The van der Waals surface area contributed by atoms with Crippen LogP contribution in [-0.4, -0.2) is 43.7 Å². The molecule has 112 valence electrons. The number of nitrogens with one attached hydrogen (secondary N) is 1. The summed E-state index contributed by atoms with van der Waals surface area (Å²) in [5, 5.41) is 11.8. The third-order valence-corrected chi connectivity index (χ3v) is 3.45. The zero-order valence-electron chi connectivity index (χ0n) is 12.5. The van der Waals surface area contributed by atoms with Crippen molar-refractivity contribution in [3.63, 3.8) is 0 Å². The van der Waals surface area contributed by atoms with E-state index >= 15 is 0 Å². The molecule has 20 heavy (non-hydrogen) atoms. The molecule has 0 aromatic heterocycles. The number of piperidine rings is 1. The van der Waals surface area contributed by atoms with Crippen molar-refractivity contribution in [2.45, 2.75) is 33.1 Å². The maximum Gasteiger partial charge on any atom is 0.263 e. The maximum atomic E-state index is 11.9. The van der Waals surface area contributed by atoms with Crippen molar-refractivity contribution >= 4 is 5.91 Å². The average molecular weight is 279 g/mol. The van der Waals surface area contributed by atoms with Gasteiger partial charge >= 0.3 is 0 Å². The standard InChI is InChI=1S/C15H25N3O2/c1-3-20-10-4-7-17-15(19)14(11-16)12-18-8-5-13(2)6-9-18/h12-13H,3-10H2,1-2H3,(H,17,19)/b14-12-.